The molecule has 1 fully saturated rings. The molecular formula is C22H26N2O3. The highest BCUT2D eigenvalue weighted by Crippen LogP contribution is 2.22. The van der Waals surface area contributed by atoms with E-state index >= 15 is 0 Å². The monoisotopic (exact) mass is 366 g/mol. The van der Waals surface area contributed by atoms with Crippen molar-refractivity contribution in [1.29, 1.82) is 0 Å². The molecule has 0 saturated carbocycles. The molecule has 5 nitrogen and oxygen atoms in total. The zero-order valence-corrected chi connectivity index (χ0v) is 16.4. The Labute approximate surface area is 160 Å². The highest BCUT2D eigenvalue weighted by molar-refractivity contribution is 5.98. The van der Waals surface area contributed by atoms with Crippen molar-refractivity contribution in [3.05, 3.63) is 59.2 Å². The average Bonchev–Trinajstić information content (AvgIpc) is 2.65. The lowest BCUT2D eigenvalue weighted by atomic mass is 10.1. The van der Waals surface area contributed by atoms with Crippen LogP contribution in [0.15, 0.2) is 42.5 Å². The fourth-order valence-corrected chi connectivity index (χ4v) is 3.19. The van der Waals surface area contributed by atoms with E-state index in [-0.39, 0.29) is 18.4 Å². The molecule has 142 valence electrons. The van der Waals surface area contributed by atoms with Gasteiger partial charge in [0.15, 0.2) is 6.10 Å². The van der Waals surface area contributed by atoms with E-state index < -0.39 is 6.10 Å². The van der Waals surface area contributed by atoms with E-state index in [9.17, 15) is 9.59 Å². The Bertz CT molecular complexity index is 845. The summed E-state index contributed by atoms with van der Waals surface area (Å²) in [5.41, 5.74) is 4.09. The van der Waals surface area contributed by atoms with Crippen molar-refractivity contribution in [1.82, 2.24) is 4.90 Å². The van der Waals surface area contributed by atoms with Crippen LogP contribution in [0.2, 0.25) is 0 Å². The van der Waals surface area contributed by atoms with Gasteiger partial charge in [-0.25, -0.2) is 0 Å². The van der Waals surface area contributed by atoms with Crippen molar-refractivity contribution in [2.75, 3.05) is 24.5 Å². The second-order valence-electron chi connectivity index (χ2n) is 7.17. The number of hydrogen-bond acceptors (Lipinski definition) is 3. The maximum absolute atomic E-state index is 12.8. The summed E-state index contributed by atoms with van der Waals surface area (Å²) in [5, 5.41) is 0. The Hall–Kier alpha value is -2.82. The molecule has 2 amide bonds. The quantitative estimate of drug-likeness (QED) is 0.835. The molecule has 1 aliphatic rings. The smallest absolute Gasteiger partial charge is 0.263 e. The molecule has 0 aromatic heterocycles. The molecule has 0 bridgehead atoms. The number of amides is 2. The van der Waals surface area contributed by atoms with Crippen LogP contribution in [-0.2, 0) is 9.59 Å². The van der Waals surface area contributed by atoms with Crippen LogP contribution in [0, 0.1) is 20.8 Å². The third-order valence-corrected chi connectivity index (χ3v) is 4.87. The van der Waals surface area contributed by atoms with Gasteiger partial charge in [-0.15, -0.1) is 0 Å². The van der Waals surface area contributed by atoms with Crippen molar-refractivity contribution in [2.45, 2.75) is 33.8 Å². The second-order valence-corrected chi connectivity index (χ2v) is 7.17. The number of nitrogens with zero attached hydrogens (tertiary/aromatic N) is 2. The maximum atomic E-state index is 12.8. The summed E-state index contributed by atoms with van der Waals surface area (Å²) in [6, 6.07) is 13.8. The molecule has 0 spiro atoms. The molecule has 1 aliphatic heterocycles. The normalized spacial score (nSPS) is 15.6. The Morgan fingerprint density at radius 2 is 1.67 bits per heavy atom. The van der Waals surface area contributed by atoms with E-state index in [1.165, 1.54) is 0 Å². The Balaban J connectivity index is 1.64. The molecule has 1 saturated heterocycles. The zero-order chi connectivity index (χ0) is 19.6. The van der Waals surface area contributed by atoms with Gasteiger partial charge < -0.3 is 14.5 Å². The number of ether oxygens (including phenoxy) is 1. The Kier molecular flexibility index (Phi) is 5.49. The molecule has 0 unspecified atom stereocenters. The topological polar surface area (TPSA) is 49.9 Å². The summed E-state index contributed by atoms with van der Waals surface area (Å²) in [4.78, 5) is 28.6. The lowest BCUT2D eigenvalue weighted by molar-refractivity contribution is -0.142. The maximum Gasteiger partial charge on any atom is 0.263 e. The first-order valence-electron chi connectivity index (χ1n) is 9.25. The van der Waals surface area contributed by atoms with Gasteiger partial charge in [0, 0.05) is 18.8 Å². The fourth-order valence-electron chi connectivity index (χ4n) is 3.19. The van der Waals surface area contributed by atoms with Gasteiger partial charge in [-0.2, -0.15) is 0 Å². The number of anilines is 1. The van der Waals surface area contributed by atoms with Crippen LogP contribution in [0.25, 0.3) is 0 Å². The third-order valence-electron chi connectivity index (χ3n) is 4.87. The highest BCUT2D eigenvalue weighted by atomic mass is 16.5. The van der Waals surface area contributed by atoms with E-state index in [0.29, 0.717) is 18.8 Å². The van der Waals surface area contributed by atoms with Gasteiger partial charge in [0.1, 0.15) is 12.3 Å². The van der Waals surface area contributed by atoms with Gasteiger partial charge in [0.2, 0.25) is 5.91 Å². The van der Waals surface area contributed by atoms with Gasteiger partial charge in [0.25, 0.3) is 5.91 Å². The Morgan fingerprint density at radius 1 is 1.00 bits per heavy atom. The van der Waals surface area contributed by atoms with E-state index in [0.717, 1.165) is 22.4 Å². The predicted molar refractivity (Wildman–Crippen MR) is 106 cm³/mol. The number of rotatable bonds is 4. The van der Waals surface area contributed by atoms with E-state index in [4.69, 9.17) is 4.74 Å². The number of carbonyl (C=O) groups excluding carboxylic acids is 2. The summed E-state index contributed by atoms with van der Waals surface area (Å²) in [6.07, 6.45) is -0.635. The number of carbonyl (C=O) groups is 2. The number of hydrogen-bond donors (Lipinski definition) is 0. The largest absolute Gasteiger partial charge is 0.481 e. The van der Waals surface area contributed by atoms with Crippen LogP contribution in [-0.4, -0.2) is 42.5 Å². The minimum Gasteiger partial charge on any atom is -0.481 e. The highest BCUT2D eigenvalue weighted by Gasteiger charge is 2.31. The lowest BCUT2D eigenvalue weighted by Crippen LogP contribution is -2.54. The molecule has 1 atom stereocenters. The van der Waals surface area contributed by atoms with Crippen LogP contribution in [0.1, 0.15) is 23.6 Å². The predicted octanol–water partition coefficient (Wildman–Crippen LogP) is 3.25. The molecule has 2 aromatic rings. The van der Waals surface area contributed by atoms with E-state index in [1.54, 1.807) is 16.7 Å². The van der Waals surface area contributed by atoms with Gasteiger partial charge in [-0.1, -0.05) is 29.8 Å². The third kappa shape index (κ3) is 4.30. The summed E-state index contributed by atoms with van der Waals surface area (Å²) in [6.45, 7) is 8.76. The van der Waals surface area contributed by atoms with Gasteiger partial charge >= 0.3 is 0 Å². The van der Waals surface area contributed by atoms with Gasteiger partial charge in [0.05, 0.1) is 0 Å². The molecular weight excluding hydrogens is 340 g/mol. The summed E-state index contributed by atoms with van der Waals surface area (Å²) in [5.74, 6) is 0.477. The molecule has 0 N–H and O–H groups in total. The molecule has 2 aromatic carbocycles. The van der Waals surface area contributed by atoms with Crippen LogP contribution < -0.4 is 9.64 Å². The minimum absolute atomic E-state index is 0.0719. The number of benzene rings is 2. The standard InChI is InChI=1S/C22H26N2O3/c1-15-6-9-19(10-7-15)24-12-11-23(14-21(24)25)22(26)18(4)27-20-13-16(2)5-8-17(20)3/h5-10,13,18H,11-12,14H2,1-4H3/t18-/m0/s1. The molecule has 1 heterocycles. The van der Waals surface area contributed by atoms with Crippen LogP contribution in [0.5, 0.6) is 5.75 Å². The number of aryl methyl sites for hydroxylation is 3. The summed E-state index contributed by atoms with van der Waals surface area (Å²) < 4.78 is 5.88. The molecule has 0 aliphatic carbocycles. The van der Waals surface area contributed by atoms with Crippen LogP contribution in [0.3, 0.4) is 0 Å². The van der Waals surface area contributed by atoms with E-state index in [1.807, 2.05) is 63.2 Å². The van der Waals surface area contributed by atoms with Crippen molar-refractivity contribution in [2.24, 2.45) is 0 Å². The molecule has 5 heteroatoms. The lowest BCUT2D eigenvalue weighted by Gasteiger charge is -2.35. The van der Waals surface area contributed by atoms with Crippen molar-refractivity contribution in [3.8, 4) is 5.75 Å². The van der Waals surface area contributed by atoms with Crippen molar-refractivity contribution in [3.63, 3.8) is 0 Å². The second kappa shape index (κ2) is 7.82. The van der Waals surface area contributed by atoms with Crippen LogP contribution in [0.4, 0.5) is 5.69 Å². The molecule has 3 rings (SSSR count). The Morgan fingerprint density at radius 3 is 2.33 bits per heavy atom. The van der Waals surface area contributed by atoms with Crippen molar-refractivity contribution >= 4 is 17.5 Å². The van der Waals surface area contributed by atoms with Crippen molar-refractivity contribution < 1.29 is 14.3 Å². The van der Waals surface area contributed by atoms with E-state index in [2.05, 4.69) is 0 Å². The SMILES string of the molecule is Cc1ccc(N2CCN(C(=O)[C@H](C)Oc3cc(C)ccc3C)CC2=O)cc1. The first-order valence-corrected chi connectivity index (χ1v) is 9.25. The molecule has 0 radical (unpaired) electrons. The first kappa shape index (κ1) is 19.0. The average molecular weight is 366 g/mol. The van der Waals surface area contributed by atoms with Crippen LogP contribution >= 0.6 is 0 Å². The molecule has 27 heavy (non-hydrogen) atoms. The first-order chi connectivity index (χ1) is 12.8. The summed E-state index contributed by atoms with van der Waals surface area (Å²) in [7, 11) is 0. The fraction of sp³-hybridized carbons (Fsp3) is 0.364. The van der Waals surface area contributed by atoms with Gasteiger partial charge in [-0.05, 0) is 57.0 Å². The summed E-state index contributed by atoms with van der Waals surface area (Å²) >= 11 is 0. The zero-order valence-electron chi connectivity index (χ0n) is 16.4. The minimum atomic E-state index is -0.635. The number of piperazine rings is 1. The van der Waals surface area contributed by atoms with Gasteiger partial charge in [-0.3, -0.25) is 9.59 Å².